The molecular weight excluding hydrogens is 204 g/mol. The Hall–Kier alpha value is -1.29. The molecule has 1 aromatic heterocycles. The highest BCUT2D eigenvalue weighted by molar-refractivity contribution is 5.93. The van der Waals surface area contributed by atoms with Crippen LogP contribution in [-0.4, -0.2) is 35.1 Å². The minimum Gasteiger partial charge on any atom is -0.373 e. The van der Waals surface area contributed by atoms with Gasteiger partial charge in [-0.25, -0.2) is 0 Å². The lowest BCUT2D eigenvalue weighted by Gasteiger charge is -2.21. The van der Waals surface area contributed by atoms with Crippen molar-refractivity contribution in [2.24, 2.45) is 0 Å². The molecule has 0 radical (unpaired) electrons. The van der Waals surface area contributed by atoms with E-state index < -0.39 is 0 Å². The average Bonchev–Trinajstić information content (AvgIpc) is 2.98. The first-order valence-electron chi connectivity index (χ1n) is 5.92. The fraction of sp³-hybridized carbons (Fsp3) is 0.583. The quantitative estimate of drug-likeness (QED) is 0.714. The number of hydrogen-bond acceptors (Lipinski definition) is 2. The van der Waals surface area contributed by atoms with Crippen LogP contribution in [0.3, 0.4) is 0 Å². The number of aromatic nitrogens is 1. The summed E-state index contributed by atoms with van der Waals surface area (Å²) in [5.41, 5.74) is 1.95. The molecule has 2 aliphatic rings. The predicted octanol–water partition coefficient (Wildman–Crippen LogP) is 1.25. The van der Waals surface area contributed by atoms with Gasteiger partial charge in [0.1, 0.15) is 5.69 Å². The highest BCUT2D eigenvalue weighted by atomic mass is 16.5. The second-order valence-corrected chi connectivity index (χ2v) is 4.41. The molecule has 0 bridgehead atoms. The first kappa shape index (κ1) is 9.90. The number of carbonyl (C=O) groups excluding carboxylic acids is 1. The number of fused-ring (bicyclic) bond motifs is 1. The van der Waals surface area contributed by atoms with Crippen molar-refractivity contribution in [1.82, 2.24) is 9.47 Å². The Balaban J connectivity index is 1.88. The Morgan fingerprint density at radius 1 is 1.19 bits per heavy atom. The molecule has 0 aromatic carbocycles. The number of nitrogens with zero attached hydrogens (tertiary/aromatic N) is 2. The Bertz CT molecular complexity index is 405. The number of amides is 1. The van der Waals surface area contributed by atoms with Gasteiger partial charge in [0.25, 0.3) is 5.91 Å². The summed E-state index contributed by atoms with van der Waals surface area (Å²) in [6.45, 7) is 3.97. The van der Waals surface area contributed by atoms with Crippen LogP contribution in [0, 0.1) is 0 Å². The Morgan fingerprint density at radius 3 is 2.81 bits per heavy atom. The molecule has 1 amide bonds. The number of carbonyl (C=O) groups is 1. The molecule has 0 N–H and O–H groups in total. The molecule has 0 saturated carbocycles. The summed E-state index contributed by atoms with van der Waals surface area (Å²) < 4.78 is 7.47. The SMILES string of the molecule is O=C(c1ccc2n1CCOC2)N1CCCC1. The molecule has 0 aliphatic carbocycles. The molecule has 86 valence electrons. The molecule has 1 saturated heterocycles. The zero-order chi connectivity index (χ0) is 11.0. The van der Waals surface area contributed by atoms with Crippen molar-refractivity contribution in [1.29, 1.82) is 0 Å². The molecule has 1 aromatic rings. The minimum absolute atomic E-state index is 0.186. The third kappa shape index (κ3) is 1.53. The molecule has 4 nitrogen and oxygen atoms in total. The van der Waals surface area contributed by atoms with Crippen LogP contribution in [-0.2, 0) is 17.9 Å². The summed E-state index contributed by atoms with van der Waals surface area (Å²) in [5.74, 6) is 0.186. The van der Waals surface area contributed by atoms with Crippen molar-refractivity contribution in [3.05, 3.63) is 23.5 Å². The van der Waals surface area contributed by atoms with Gasteiger partial charge < -0.3 is 14.2 Å². The molecule has 1 fully saturated rings. The van der Waals surface area contributed by atoms with Gasteiger partial charge in [-0.2, -0.15) is 0 Å². The van der Waals surface area contributed by atoms with Gasteiger partial charge in [-0.15, -0.1) is 0 Å². The first-order valence-corrected chi connectivity index (χ1v) is 5.92. The zero-order valence-corrected chi connectivity index (χ0v) is 9.32. The number of rotatable bonds is 1. The summed E-state index contributed by atoms with van der Waals surface area (Å²) in [6, 6.07) is 3.94. The summed E-state index contributed by atoms with van der Waals surface area (Å²) in [7, 11) is 0. The van der Waals surface area contributed by atoms with Gasteiger partial charge >= 0.3 is 0 Å². The Labute approximate surface area is 94.8 Å². The van der Waals surface area contributed by atoms with Crippen LogP contribution in [0.15, 0.2) is 12.1 Å². The van der Waals surface area contributed by atoms with E-state index in [-0.39, 0.29) is 5.91 Å². The maximum atomic E-state index is 12.2. The third-order valence-corrected chi connectivity index (χ3v) is 3.39. The fourth-order valence-corrected chi connectivity index (χ4v) is 2.50. The lowest BCUT2D eigenvalue weighted by molar-refractivity contribution is 0.0724. The van der Waals surface area contributed by atoms with Crippen LogP contribution >= 0.6 is 0 Å². The second kappa shape index (κ2) is 3.94. The van der Waals surface area contributed by atoms with Gasteiger partial charge in [-0.05, 0) is 25.0 Å². The molecule has 0 spiro atoms. The second-order valence-electron chi connectivity index (χ2n) is 4.41. The van der Waals surface area contributed by atoms with Crippen LogP contribution in [0.4, 0.5) is 0 Å². The zero-order valence-electron chi connectivity index (χ0n) is 9.32. The molecule has 0 atom stereocenters. The summed E-state index contributed by atoms with van der Waals surface area (Å²) >= 11 is 0. The largest absolute Gasteiger partial charge is 0.373 e. The van der Waals surface area contributed by atoms with Crippen molar-refractivity contribution in [2.75, 3.05) is 19.7 Å². The van der Waals surface area contributed by atoms with E-state index in [9.17, 15) is 4.79 Å². The van der Waals surface area contributed by atoms with Crippen LogP contribution in [0.2, 0.25) is 0 Å². The van der Waals surface area contributed by atoms with Crippen LogP contribution in [0.5, 0.6) is 0 Å². The van der Waals surface area contributed by atoms with Gasteiger partial charge in [0, 0.05) is 25.3 Å². The molecule has 0 unspecified atom stereocenters. The first-order chi connectivity index (χ1) is 7.86. The van der Waals surface area contributed by atoms with Crippen LogP contribution in [0.25, 0.3) is 0 Å². The Morgan fingerprint density at radius 2 is 2.00 bits per heavy atom. The van der Waals surface area contributed by atoms with E-state index in [1.807, 2.05) is 17.0 Å². The molecule has 3 rings (SSSR count). The van der Waals surface area contributed by atoms with Crippen LogP contribution in [0.1, 0.15) is 29.0 Å². The lowest BCUT2D eigenvalue weighted by Crippen LogP contribution is -2.31. The highest BCUT2D eigenvalue weighted by Gasteiger charge is 2.24. The van der Waals surface area contributed by atoms with Crippen molar-refractivity contribution >= 4 is 5.91 Å². The van der Waals surface area contributed by atoms with E-state index in [1.165, 1.54) is 0 Å². The smallest absolute Gasteiger partial charge is 0.270 e. The van der Waals surface area contributed by atoms with Gasteiger partial charge in [-0.3, -0.25) is 4.79 Å². The van der Waals surface area contributed by atoms with Gasteiger partial charge in [0.2, 0.25) is 0 Å². The maximum Gasteiger partial charge on any atom is 0.270 e. The average molecular weight is 220 g/mol. The topological polar surface area (TPSA) is 34.5 Å². The van der Waals surface area contributed by atoms with E-state index >= 15 is 0 Å². The van der Waals surface area contributed by atoms with Gasteiger partial charge in [0.05, 0.1) is 13.2 Å². The maximum absolute atomic E-state index is 12.2. The standard InChI is InChI=1S/C12H16N2O2/c15-12(13-5-1-2-6-13)11-4-3-10-9-16-8-7-14(10)11/h3-4H,1-2,5-9H2. The summed E-state index contributed by atoms with van der Waals surface area (Å²) in [4.78, 5) is 14.2. The number of hydrogen-bond donors (Lipinski definition) is 0. The molecule has 4 heteroatoms. The fourth-order valence-electron chi connectivity index (χ4n) is 2.50. The number of likely N-dealkylation sites (tertiary alicyclic amines) is 1. The molecule has 16 heavy (non-hydrogen) atoms. The normalized spacial score (nSPS) is 19.9. The summed E-state index contributed by atoms with van der Waals surface area (Å²) in [5, 5.41) is 0. The molecule has 3 heterocycles. The van der Waals surface area contributed by atoms with E-state index in [0.717, 1.165) is 43.9 Å². The van der Waals surface area contributed by atoms with E-state index in [2.05, 4.69) is 4.57 Å². The highest BCUT2D eigenvalue weighted by Crippen LogP contribution is 2.18. The molecule has 2 aliphatic heterocycles. The summed E-state index contributed by atoms with van der Waals surface area (Å²) in [6.07, 6.45) is 2.28. The lowest BCUT2D eigenvalue weighted by atomic mass is 10.3. The monoisotopic (exact) mass is 220 g/mol. The van der Waals surface area contributed by atoms with Crippen molar-refractivity contribution < 1.29 is 9.53 Å². The van der Waals surface area contributed by atoms with Gasteiger partial charge in [-0.1, -0.05) is 0 Å². The predicted molar refractivity (Wildman–Crippen MR) is 59.2 cm³/mol. The Kier molecular flexibility index (Phi) is 2.44. The van der Waals surface area contributed by atoms with Crippen molar-refractivity contribution in [3.63, 3.8) is 0 Å². The third-order valence-electron chi connectivity index (χ3n) is 3.39. The van der Waals surface area contributed by atoms with Crippen molar-refractivity contribution in [3.8, 4) is 0 Å². The minimum atomic E-state index is 0.186. The molecular formula is C12H16N2O2. The van der Waals surface area contributed by atoms with Gasteiger partial charge in [0.15, 0.2) is 0 Å². The van der Waals surface area contributed by atoms with E-state index in [1.54, 1.807) is 0 Å². The van der Waals surface area contributed by atoms with Crippen LogP contribution < -0.4 is 0 Å². The van der Waals surface area contributed by atoms with E-state index in [0.29, 0.717) is 13.2 Å². The van der Waals surface area contributed by atoms with E-state index in [4.69, 9.17) is 4.74 Å². The number of ether oxygens (including phenoxy) is 1. The van der Waals surface area contributed by atoms with Crippen molar-refractivity contribution in [2.45, 2.75) is 26.0 Å².